The zero-order chi connectivity index (χ0) is 14.8. The van der Waals surface area contributed by atoms with Gasteiger partial charge in [-0.05, 0) is 31.7 Å². The quantitative estimate of drug-likeness (QED) is 0.897. The van der Waals surface area contributed by atoms with Crippen LogP contribution in [-0.2, 0) is 21.3 Å². The zero-order valence-corrected chi connectivity index (χ0v) is 12.5. The van der Waals surface area contributed by atoms with E-state index in [1.54, 1.807) is 13.1 Å². The number of nitrogens with one attached hydrogen (secondary N) is 1. The molecule has 0 atom stereocenters. The lowest BCUT2D eigenvalue weighted by Gasteiger charge is -2.27. The smallest absolute Gasteiger partial charge is 0.243 e. The molecule has 0 bridgehead atoms. The predicted octanol–water partition coefficient (Wildman–Crippen LogP) is 0.874. The Labute approximate surface area is 118 Å². The summed E-state index contributed by atoms with van der Waals surface area (Å²) in [5.41, 5.74) is 0.777. The molecule has 1 N–H and O–H groups in total. The highest BCUT2D eigenvalue weighted by molar-refractivity contribution is 7.89. The molecule has 112 valence electrons. The van der Waals surface area contributed by atoms with E-state index in [1.165, 1.54) is 17.3 Å². The van der Waals surface area contributed by atoms with E-state index in [4.69, 9.17) is 4.74 Å². The van der Waals surface area contributed by atoms with Crippen molar-refractivity contribution in [1.82, 2.24) is 9.62 Å². The minimum atomic E-state index is -3.67. The maximum atomic E-state index is 13.9. The summed E-state index contributed by atoms with van der Waals surface area (Å²) in [5, 5.41) is 2.89. The van der Waals surface area contributed by atoms with Crippen LogP contribution in [0, 0.1) is 12.7 Å². The van der Waals surface area contributed by atoms with Gasteiger partial charge in [-0.3, -0.25) is 0 Å². The summed E-state index contributed by atoms with van der Waals surface area (Å²) in [5.74, 6) is -0.496. The van der Waals surface area contributed by atoms with Crippen LogP contribution < -0.4 is 5.32 Å². The zero-order valence-electron chi connectivity index (χ0n) is 11.6. The van der Waals surface area contributed by atoms with E-state index in [1.807, 2.05) is 0 Å². The van der Waals surface area contributed by atoms with E-state index in [2.05, 4.69) is 5.32 Å². The van der Waals surface area contributed by atoms with Gasteiger partial charge in [-0.25, -0.2) is 12.8 Å². The third-order valence-corrected chi connectivity index (χ3v) is 5.35. The van der Waals surface area contributed by atoms with Crippen molar-refractivity contribution in [2.45, 2.75) is 18.4 Å². The molecule has 1 aliphatic heterocycles. The second-order valence-corrected chi connectivity index (χ2v) is 6.65. The molecule has 1 heterocycles. The number of morpholine rings is 1. The first-order chi connectivity index (χ1) is 9.46. The maximum Gasteiger partial charge on any atom is 0.243 e. The second kappa shape index (κ2) is 6.17. The molecule has 1 saturated heterocycles. The standard InChI is InChI=1S/C13H19FN2O3S/c1-10-12(14)7-11(9-15-2)8-13(10)20(17,18)16-3-5-19-6-4-16/h7-8,15H,3-6,9H2,1-2H3. The fraction of sp³-hybridized carbons (Fsp3) is 0.538. The first-order valence-electron chi connectivity index (χ1n) is 6.48. The summed E-state index contributed by atoms with van der Waals surface area (Å²) in [7, 11) is -1.94. The molecule has 5 nitrogen and oxygen atoms in total. The van der Waals surface area contributed by atoms with E-state index in [0.717, 1.165) is 0 Å². The molecule has 0 aromatic heterocycles. The molecule has 1 fully saturated rings. The Hall–Kier alpha value is -1.02. The third kappa shape index (κ3) is 3.01. The number of hydrogen-bond acceptors (Lipinski definition) is 4. The van der Waals surface area contributed by atoms with Crippen LogP contribution in [0.1, 0.15) is 11.1 Å². The Morgan fingerprint density at radius 2 is 2.00 bits per heavy atom. The Morgan fingerprint density at radius 3 is 2.60 bits per heavy atom. The molecule has 2 rings (SSSR count). The largest absolute Gasteiger partial charge is 0.379 e. The lowest BCUT2D eigenvalue weighted by Crippen LogP contribution is -2.41. The van der Waals surface area contributed by atoms with Crippen LogP contribution in [0.3, 0.4) is 0 Å². The number of benzene rings is 1. The summed E-state index contributed by atoms with van der Waals surface area (Å²) in [6.07, 6.45) is 0. The SMILES string of the molecule is CNCc1cc(F)c(C)c(S(=O)(=O)N2CCOCC2)c1. The van der Waals surface area contributed by atoms with Gasteiger partial charge in [-0.2, -0.15) is 4.31 Å². The van der Waals surface area contributed by atoms with Crippen LogP contribution in [0.5, 0.6) is 0 Å². The van der Waals surface area contributed by atoms with Crippen molar-refractivity contribution in [1.29, 1.82) is 0 Å². The van der Waals surface area contributed by atoms with Crippen LogP contribution >= 0.6 is 0 Å². The minimum Gasteiger partial charge on any atom is -0.379 e. The van der Waals surface area contributed by atoms with Crippen molar-refractivity contribution in [2.75, 3.05) is 33.4 Å². The van der Waals surface area contributed by atoms with Gasteiger partial charge in [0, 0.05) is 25.2 Å². The summed E-state index contributed by atoms with van der Waals surface area (Å²) >= 11 is 0. The van der Waals surface area contributed by atoms with Gasteiger partial charge in [-0.15, -0.1) is 0 Å². The van der Waals surface area contributed by atoms with E-state index < -0.39 is 15.8 Å². The molecule has 0 amide bonds. The molecular formula is C13H19FN2O3S. The van der Waals surface area contributed by atoms with Gasteiger partial charge in [-0.1, -0.05) is 0 Å². The van der Waals surface area contributed by atoms with Gasteiger partial charge in [0.05, 0.1) is 18.1 Å². The van der Waals surface area contributed by atoms with Gasteiger partial charge in [0.25, 0.3) is 0 Å². The number of rotatable bonds is 4. The Balaban J connectivity index is 2.44. The minimum absolute atomic E-state index is 0.0460. The molecule has 1 aromatic rings. The van der Waals surface area contributed by atoms with Crippen LogP contribution in [0.15, 0.2) is 17.0 Å². The third-order valence-electron chi connectivity index (χ3n) is 3.33. The number of nitrogens with zero attached hydrogens (tertiary/aromatic N) is 1. The van der Waals surface area contributed by atoms with Gasteiger partial charge in [0.2, 0.25) is 10.0 Å². The van der Waals surface area contributed by atoms with Crippen molar-refractivity contribution < 1.29 is 17.5 Å². The van der Waals surface area contributed by atoms with E-state index in [-0.39, 0.29) is 10.5 Å². The van der Waals surface area contributed by atoms with Crippen molar-refractivity contribution >= 4 is 10.0 Å². The fourth-order valence-electron chi connectivity index (χ4n) is 2.21. The monoisotopic (exact) mass is 302 g/mol. The van der Waals surface area contributed by atoms with Gasteiger partial charge >= 0.3 is 0 Å². The molecule has 0 radical (unpaired) electrons. The normalized spacial score (nSPS) is 17.4. The lowest BCUT2D eigenvalue weighted by atomic mass is 10.1. The second-order valence-electron chi connectivity index (χ2n) is 4.75. The number of sulfonamides is 1. The number of halogens is 1. The fourth-order valence-corrected chi connectivity index (χ4v) is 3.90. The molecule has 20 heavy (non-hydrogen) atoms. The topological polar surface area (TPSA) is 58.6 Å². The average Bonchev–Trinajstić information content (AvgIpc) is 2.43. The molecule has 0 aliphatic carbocycles. The molecule has 1 aromatic carbocycles. The summed E-state index contributed by atoms with van der Waals surface area (Å²) in [4.78, 5) is 0.0460. The van der Waals surface area contributed by atoms with Crippen LogP contribution in [0.4, 0.5) is 4.39 Å². The van der Waals surface area contributed by atoms with Crippen molar-refractivity contribution in [3.05, 3.63) is 29.1 Å². The Bertz CT molecular complexity index is 584. The molecule has 0 saturated carbocycles. The molecule has 7 heteroatoms. The highest BCUT2D eigenvalue weighted by Crippen LogP contribution is 2.24. The van der Waals surface area contributed by atoms with Gasteiger partial charge in [0.15, 0.2) is 0 Å². The van der Waals surface area contributed by atoms with Gasteiger partial charge in [0.1, 0.15) is 5.82 Å². The lowest BCUT2D eigenvalue weighted by molar-refractivity contribution is 0.0730. The molecular weight excluding hydrogens is 283 g/mol. The maximum absolute atomic E-state index is 13.9. The summed E-state index contributed by atoms with van der Waals surface area (Å²) in [6.45, 7) is 3.27. The number of hydrogen-bond donors (Lipinski definition) is 1. The molecule has 0 spiro atoms. The van der Waals surface area contributed by atoms with E-state index >= 15 is 0 Å². The predicted molar refractivity (Wildman–Crippen MR) is 73.5 cm³/mol. The summed E-state index contributed by atoms with van der Waals surface area (Å²) in [6, 6.07) is 2.91. The number of ether oxygens (including phenoxy) is 1. The van der Waals surface area contributed by atoms with Crippen molar-refractivity contribution in [3.63, 3.8) is 0 Å². The average molecular weight is 302 g/mol. The van der Waals surface area contributed by atoms with E-state index in [0.29, 0.717) is 38.4 Å². The van der Waals surface area contributed by atoms with E-state index in [9.17, 15) is 12.8 Å². The molecule has 0 unspecified atom stereocenters. The summed E-state index contributed by atoms with van der Waals surface area (Å²) < 4.78 is 45.6. The Kier molecular flexibility index (Phi) is 4.74. The Morgan fingerprint density at radius 1 is 1.35 bits per heavy atom. The van der Waals surface area contributed by atoms with Crippen LogP contribution in [0.25, 0.3) is 0 Å². The molecule has 1 aliphatic rings. The van der Waals surface area contributed by atoms with Gasteiger partial charge < -0.3 is 10.1 Å². The van der Waals surface area contributed by atoms with Crippen molar-refractivity contribution in [2.24, 2.45) is 0 Å². The first kappa shape index (κ1) is 15.4. The van der Waals surface area contributed by atoms with Crippen LogP contribution in [-0.4, -0.2) is 46.1 Å². The highest BCUT2D eigenvalue weighted by atomic mass is 32.2. The van der Waals surface area contributed by atoms with Crippen molar-refractivity contribution in [3.8, 4) is 0 Å². The first-order valence-corrected chi connectivity index (χ1v) is 7.92. The van der Waals surface area contributed by atoms with Crippen LogP contribution in [0.2, 0.25) is 0 Å². The highest BCUT2D eigenvalue weighted by Gasteiger charge is 2.29.